The van der Waals surface area contributed by atoms with E-state index in [2.05, 4.69) is 186 Å². The first-order valence-corrected chi connectivity index (χ1v) is 18.0. The molecule has 0 bridgehead atoms. The van der Waals surface area contributed by atoms with Crippen LogP contribution in [0.4, 0.5) is 17.1 Å². The third-order valence-corrected chi connectivity index (χ3v) is 12.0. The summed E-state index contributed by atoms with van der Waals surface area (Å²) in [5, 5.41) is 3.95. The Kier molecular flexibility index (Phi) is 5.13. The third kappa shape index (κ3) is 3.31. The van der Waals surface area contributed by atoms with E-state index in [1.807, 2.05) is 0 Å². The lowest BCUT2D eigenvalue weighted by Gasteiger charge is -2.38. The topological polar surface area (TPSA) is 13.1 Å². The van der Waals surface area contributed by atoms with Crippen LogP contribution in [-0.4, -0.2) is 15.9 Å². The SMILES string of the molecule is CC1(C)c2ccccc2-c2c1n1c3c(cccc23)-c2cc(N(c3ccccc3)c3ccccc3)cc3c2B1c1cccc2c4ccccc4n-3c12. The van der Waals surface area contributed by atoms with Gasteiger partial charge in [0.25, 0.3) is 0 Å². The van der Waals surface area contributed by atoms with E-state index in [-0.39, 0.29) is 12.3 Å². The van der Waals surface area contributed by atoms with Gasteiger partial charge in [-0.05, 0) is 70.1 Å². The zero-order valence-corrected chi connectivity index (χ0v) is 28.4. The van der Waals surface area contributed by atoms with Gasteiger partial charge < -0.3 is 13.9 Å². The highest BCUT2D eigenvalue weighted by Gasteiger charge is 2.48. The molecule has 9 aromatic rings. The van der Waals surface area contributed by atoms with Crippen molar-refractivity contribution in [2.45, 2.75) is 19.3 Å². The van der Waals surface area contributed by atoms with Crippen molar-refractivity contribution in [1.29, 1.82) is 0 Å². The summed E-state index contributed by atoms with van der Waals surface area (Å²) >= 11 is 0. The van der Waals surface area contributed by atoms with Crippen LogP contribution in [0.5, 0.6) is 0 Å². The number of anilines is 3. The number of fused-ring (bicyclic) bond motifs is 12. The van der Waals surface area contributed by atoms with Crippen LogP contribution in [0.15, 0.2) is 158 Å². The maximum atomic E-state index is 2.76. The molecule has 0 saturated carbocycles. The Hall–Kier alpha value is -6.26. The smallest absolute Gasteiger partial charge is 0.332 e. The van der Waals surface area contributed by atoms with Gasteiger partial charge in [-0.1, -0.05) is 129 Å². The van der Waals surface area contributed by atoms with E-state index in [0.29, 0.717) is 0 Å². The maximum Gasteiger partial charge on any atom is 0.332 e. The van der Waals surface area contributed by atoms with Gasteiger partial charge in [-0.2, -0.15) is 0 Å². The summed E-state index contributed by atoms with van der Waals surface area (Å²) in [6, 6.07) is 58.6. The number of nitrogens with zero attached hydrogens (tertiary/aromatic N) is 3. The van der Waals surface area contributed by atoms with E-state index in [1.54, 1.807) is 0 Å². The van der Waals surface area contributed by atoms with Gasteiger partial charge in [0.1, 0.15) is 0 Å². The number of hydrogen-bond acceptors (Lipinski definition) is 1. The fraction of sp³-hybridized carbons (Fsp3) is 0.0638. The summed E-state index contributed by atoms with van der Waals surface area (Å²) in [5.74, 6) is 0. The zero-order chi connectivity index (χ0) is 33.6. The number of benzene rings is 7. The lowest BCUT2D eigenvalue weighted by atomic mass is 9.45. The summed E-state index contributed by atoms with van der Waals surface area (Å²) in [4.78, 5) is 2.42. The van der Waals surface area contributed by atoms with E-state index in [1.165, 1.54) is 82.8 Å². The van der Waals surface area contributed by atoms with Gasteiger partial charge in [-0.3, -0.25) is 0 Å². The highest BCUT2D eigenvalue weighted by molar-refractivity contribution is 6.89. The summed E-state index contributed by atoms with van der Waals surface area (Å²) in [5.41, 5.74) is 19.4. The van der Waals surface area contributed by atoms with Gasteiger partial charge in [0.15, 0.2) is 0 Å². The second kappa shape index (κ2) is 9.50. The van der Waals surface area contributed by atoms with Crippen LogP contribution in [0.25, 0.3) is 60.6 Å². The molecule has 0 atom stereocenters. The van der Waals surface area contributed by atoms with E-state index in [9.17, 15) is 0 Å². The van der Waals surface area contributed by atoms with Gasteiger partial charge in [-0.25, -0.2) is 0 Å². The summed E-state index contributed by atoms with van der Waals surface area (Å²) < 4.78 is 5.33. The molecule has 238 valence electrons. The predicted octanol–water partition coefficient (Wildman–Crippen LogP) is 10.5. The van der Waals surface area contributed by atoms with Gasteiger partial charge in [-0.15, -0.1) is 0 Å². The molecule has 0 amide bonds. The second-order valence-electron chi connectivity index (χ2n) is 14.9. The molecular weight excluding hydrogens is 617 g/mol. The largest absolute Gasteiger partial charge is 0.378 e. The predicted molar refractivity (Wildman–Crippen MR) is 214 cm³/mol. The molecule has 0 N–H and O–H groups in total. The monoisotopic (exact) mass is 649 g/mol. The molecule has 2 aliphatic heterocycles. The fourth-order valence-corrected chi connectivity index (χ4v) is 10.1. The number of hydrogen-bond donors (Lipinski definition) is 0. The van der Waals surface area contributed by atoms with Crippen molar-refractivity contribution in [2.24, 2.45) is 0 Å². The Morgan fingerprint density at radius 2 is 1.18 bits per heavy atom. The molecule has 4 heterocycles. The molecule has 3 aliphatic rings. The van der Waals surface area contributed by atoms with Gasteiger partial charge in [0.05, 0.1) is 11.0 Å². The lowest BCUT2D eigenvalue weighted by Crippen LogP contribution is -2.56. The minimum atomic E-state index is -0.157. The molecule has 2 aromatic heterocycles. The first-order chi connectivity index (χ1) is 25.1. The van der Waals surface area contributed by atoms with E-state index in [0.717, 1.165) is 17.1 Å². The van der Waals surface area contributed by atoms with E-state index in [4.69, 9.17) is 0 Å². The molecule has 0 radical (unpaired) electrons. The number of aromatic nitrogens is 2. The molecule has 0 saturated heterocycles. The van der Waals surface area contributed by atoms with Crippen molar-refractivity contribution in [1.82, 2.24) is 9.05 Å². The first kappa shape index (κ1) is 27.6. The Bertz CT molecular complexity index is 2910. The Balaban J connectivity index is 1.28. The fourth-order valence-electron chi connectivity index (χ4n) is 10.1. The van der Waals surface area contributed by atoms with Crippen molar-refractivity contribution in [3.63, 3.8) is 0 Å². The molecule has 12 rings (SSSR count). The first-order valence-electron chi connectivity index (χ1n) is 18.0. The average molecular weight is 650 g/mol. The molecule has 4 heteroatoms. The molecule has 7 aromatic carbocycles. The summed E-state index contributed by atoms with van der Waals surface area (Å²) in [6.07, 6.45) is 0. The van der Waals surface area contributed by atoms with Crippen LogP contribution < -0.4 is 15.8 Å². The highest BCUT2D eigenvalue weighted by atomic mass is 15.1. The van der Waals surface area contributed by atoms with E-state index < -0.39 is 0 Å². The summed E-state index contributed by atoms with van der Waals surface area (Å²) in [7, 11) is 0. The quantitative estimate of drug-likeness (QED) is 0.174. The van der Waals surface area contributed by atoms with Gasteiger partial charge >= 0.3 is 6.85 Å². The van der Waals surface area contributed by atoms with Crippen LogP contribution >= 0.6 is 0 Å². The number of para-hydroxylation sites is 5. The van der Waals surface area contributed by atoms with Crippen LogP contribution in [0.2, 0.25) is 0 Å². The van der Waals surface area contributed by atoms with Gasteiger partial charge in [0, 0.05) is 66.7 Å². The third-order valence-electron chi connectivity index (χ3n) is 12.0. The highest BCUT2D eigenvalue weighted by Crippen LogP contribution is 2.55. The number of rotatable bonds is 3. The lowest BCUT2D eigenvalue weighted by molar-refractivity contribution is 0.632. The minimum Gasteiger partial charge on any atom is -0.378 e. The van der Waals surface area contributed by atoms with Crippen molar-refractivity contribution < 1.29 is 0 Å². The Morgan fingerprint density at radius 1 is 0.529 bits per heavy atom. The zero-order valence-electron chi connectivity index (χ0n) is 28.4. The van der Waals surface area contributed by atoms with Crippen LogP contribution in [0, 0.1) is 0 Å². The Labute approximate surface area is 296 Å². The molecule has 1 aliphatic carbocycles. The van der Waals surface area contributed by atoms with Crippen LogP contribution in [0.1, 0.15) is 25.1 Å². The van der Waals surface area contributed by atoms with Gasteiger partial charge in [0.2, 0.25) is 0 Å². The second-order valence-corrected chi connectivity index (χ2v) is 14.9. The van der Waals surface area contributed by atoms with Crippen molar-refractivity contribution in [3.8, 4) is 27.9 Å². The summed E-state index contributed by atoms with van der Waals surface area (Å²) in [6.45, 7) is 4.88. The minimum absolute atomic E-state index is 0.0289. The standard InChI is InChI=1S/C47H32BN3/c1-47(2)38-24-11-9-20-35(38)42-36-23-13-21-34-37-27-31(49(29-15-5-3-6-16-29)30-17-7-4-8-18-30)28-41-43(37)48(51(44(34)36)46(42)47)39-25-14-22-33-32-19-10-12-26-40(32)50(41)45(33)39/h3-28H,1-2H3. The van der Waals surface area contributed by atoms with Crippen molar-refractivity contribution in [2.75, 3.05) is 4.90 Å². The molecular formula is C47H32BN3. The van der Waals surface area contributed by atoms with Crippen LogP contribution in [-0.2, 0) is 5.41 Å². The molecule has 0 unspecified atom stereocenters. The van der Waals surface area contributed by atoms with Crippen molar-refractivity contribution in [3.05, 3.63) is 169 Å². The molecule has 0 spiro atoms. The van der Waals surface area contributed by atoms with Crippen LogP contribution in [0.3, 0.4) is 0 Å². The molecule has 3 nitrogen and oxygen atoms in total. The van der Waals surface area contributed by atoms with Crippen molar-refractivity contribution >= 4 is 67.5 Å². The van der Waals surface area contributed by atoms with E-state index >= 15 is 0 Å². The average Bonchev–Trinajstić information content (AvgIpc) is 3.79. The normalized spacial score (nSPS) is 14.2. The molecule has 0 fully saturated rings. The maximum absolute atomic E-state index is 2.76. The molecule has 51 heavy (non-hydrogen) atoms. The Morgan fingerprint density at radius 3 is 1.98 bits per heavy atom.